The van der Waals surface area contributed by atoms with Gasteiger partial charge in [-0.15, -0.1) is 0 Å². The van der Waals surface area contributed by atoms with Crippen LogP contribution in [-0.2, 0) is 20.4 Å². The van der Waals surface area contributed by atoms with E-state index in [1.807, 2.05) is 0 Å². The fraction of sp³-hybridized carbons (Fsp3) is 0.318. The van der Waals surface area contributed by atoms with Crippen molar-refractivity contribution >= 4 is 21.6 Å². The molecule has 2 aromatic rings. The van der Waals surface area contributed by atoms with Crippen molar-refractivity contribution < 1.29 is 31.5 Å². The first kappa shape index (κ1) is 25.2. The maximum Gasteiger partial charge on any atom is 0.433 e. The Bertz CT molecular complexity index is 1110. The van der Waals surface area contributed by atoms with Crippen molar-refractivity contribution in [1.29, 1.82) is 0 Å². The number of hydrogen-bond acceptors (Lipinski definition) is 4. The molecule has 0 aliphatic heterocycles. The molecule has 10 heteroatoms. The number of sulfonamides is 1. The summed E-state index contributed by atoms with van der Waals surface area (Å²) in [4.78, 5) is 11.3. The van der Waals surface area contributed by atoms with Crippen LogP contribution in [0, 0.1) is 17.8 Å². The van der Waals surface area contributed by atoms with E-state index in [9.17, 15) is 31.5 Å². The van der Waals surface area contributed by atoms with Gasteiger partial charge in [0.25, 0.3) is 15.9 Å². The van der Waals surface area contributed by atoms with E-state index in [0.29, 0.717) is 0 Å². The number of halogens is 3. The van der Waals surface area contributed by atoms with E-state index in [0.717, 1.165) is 28.6 Å². The Morgan fingerprint density at radius 1 is 1.09 bits per heavy atom. The number of amides is 1. The van der Waals surface area contributed by atoms with Crippen LogP contribution in [0.5, 0.6) is 0 Å². The fourth-order valence-corrected chi connectivity index (χ4v) is 4.43. The average molecular weight is 468 g/mol. The van der Waals surface area contributed by atoms with Crippen LogP contribution >= 0.6 is 0 Å². The molecule has 0 aliphatic rings. The van der Waals surface area contributed by atoms with Gasteiger partial charge in [0.1, 0.15) is 0 Å². The Morgan fingerprint density at radius 3 is 2.12 bits per heavy atom. The largest absolute Gasteiger partial charge is 0.433 e. The van der Waals surface area contributed by atoms with Crippen molar-refractivity contribution in [2.45, 2.75) is 30.5 Å². The predicted molar refractivity (Wildman–Crippen MR) is 114 cm³/mol. The first-order valence-corrected chi connectivity index (χ1v) is 11.0. The average Bonchev–Trinajstić information content (AvgIpc) is 2.75. The highest BCUT2D eigenvalue weighted by atomic mass is 32.2. The normalized spacial score (nSPS) is 13.6. The molecule has 0 heterocycles. The van der Waals surface area contributed by atoms with Crippen LogP contribution in [0.2, 0.25) is 0 Å². The highest BCUT2D eigenvalue weighted by Crippen LogP contribution is 2.39. The number of carbonyl (C=O) groups is 1. The molecule has 0 aromatic heterocycles. The number of carbonyl (C=O) groups excluding carboxylic acids is 1. The molecular formula is C22H23F3N2O4S. The Morgan fingerprint density at radius 2 is 1.66 bits per heavy atom. The number of anilines is 1. The van der Waals surface area contributed by atoms with Crippen LogP contribution in [0.4, 0.5) is 18.9 Å². The Labute approximate surface area is 185 Å². The molecule has 0 saturated heterocycles. The summed E-state index contributed by atoms with van der Waals surface area (Å²) >= 11 is 0. The zero-order valence-electron chi connectivity index (χ0n) is 17.6. The minimum atomic E-state index is -5.21. The predicted octanol–water partition coefficient (Wildman–Crippen LogP) is 3.04. The van der Waals surface area contributed by atoms with Crippen LogP contribution in [0.1, 0.15) is 19.4 Å². The van der Waals surface area contributed by atoms with Crippen molar-refractivity contribution in [3.05, 3.63) is 60.2 Å². The molecule has 2 rings (SSSR count). The third kappa shape index (κ3) is 5.41. The van der Waals surface area contributed by atoms with Crippen LogP contribution in [0.25, 0.3) is 0 Å². The first-order chi connectivity index (χ1) is 14.8. The lowest BCUT2D eigenvalue weighted by Gasteiger charge is -2.28. The molecule has 0 aliphatic carbocycles. The van der Waals surface area contributed by atoms with Gasteiger partial charge in [0.2, 0.25) is 5.60 Å². The SMILES string of the molecule is CNC(=O)C#CC(O)(c1ccc(N(CC(C)C)S(=O)(=O)c2ccccc2)cc1)C(F)(F)F. The minimum absolute atomic E-state index is 0.0352. The lowest BCUT2D eigenvalue weighted by atomic mass is 9.93. The highest BCUT2D eigenvalue weighted by molar-refractivity contribution is 7.92. The Balaban J connectivity index is 2.55. The Hall–Kier alpha value is -3.03. The summed E-state index contributed by atoms with van der Waals surface area (Å²) in [6.45, 7) is 3.69. The number of nitrogens with one attached hydrogen (secondary N) is 1. The molecule has 1 amide bonds. The standard InChI is InChI=1S/C22H23F3N2O4S/c1-16(2)15-27(32(30,31)19-7-5-4-6-8-19)18-11-9-17(10-12-18)21(29,22(23,24)25)14-13-20(28)26-3/h4-12,16,29H,15H2,1-3H3,(H,26,28). The molecule has 2 aromatic carbocycles. The van der Waals surface area contributed by atoms with Crippen LogP contribution in [0.3, 0.4) is 0 Å². The summed E-state index contributed by atoms with van der Waals surface area (Å²) in [5.74, 6) is 2.20. The van der Waals surface area contributed by atoms with Crippen molar-refractivity contribution in [1.82, 2.24) is 5.32 Å². The van der Waals surface area contributed by atoms with Crippen molar-refractivity contribution in [3.8, 4) is 11.8 Å². The lowest BCUT2D eigenvalue weighted by Crippen LogP contribution is -2.41. The van der Waals surface area contributed by atoms with Gasteiger partial charge in [0.05, 0.1) is 10.6 Å². The summed E-state index contributed by atoms with van der Waals surface area (Å²) in [7, 11) is -2.79. The van der Waals surface area contributed by atoms with Gasteiger partial charge in [0.15, 0.2) is 0 Å². The van der Waals surface area contributed by atoms with Gasteiger partial charge in [-0.25, -0.2) is 8.42 Å². The van der Waals surface area contributed by atoms with Gasteiger partial charge in [-0.2, -0.15) is 13.2 Å². The summed E-state index contributed by atoms with van der Waals surface area (Å²) in [5.41, 5.74) is -4.14. The second-order valence-electron chi connectivity index (χ2n) is 7.33. The van der Waals surface area contributed by atoms with Crippen molar-refractivity contribution in [2.24, 2.45) is 5.92 Å². The minimum Gasteiger partial charge on any atom is -0.366 e. The molecule has 1 unspecified atom stereocenters. The van der Waals surface area contributed by atoms with Gasteiger partial charge >= 0.3 is 6.18 Å². The third-order valence-corrected chi connectivity index (χ3v) is 6.24. The van der Waals surface area contributed by atoms with E-state index in [2.05, 4.69) is 5.32 Å². The van der Waals surface area contributed by atoms with Crippen LogP contribution < -0.4 is 9.62 Å². The monoisotopic (exact) mass is 468 g/mol. The molecule has 0 saturated carbocycles. The number of aliphatic hydroxyl groups is 1. The van der Waals surface area contributed by atoms with Crippen molar-refractivity contribution in [3.63, 3.8) is 0 Å². The summed E-state index contributed by atoms with van der Waals surface area (Å²) < 4.78 is 68.2. The summed E-state index contributed by atoms with van der Waals surface area (Å²) in [6.07, 6.45) is -5.21. The topological polar surface area (TPSA) is 86.7 Å². The second kappa shape index (κ2) is 9.63. The molecule has 32 heavy (non-hydrogen) atoms. The molecular weight excluding hydrogens is 445 g/mol. The quantitative estimate of drug-likeness (QED) is 0.638. The highest BCUT2D eigenvalue weighted by Gasteiger charge is 2.54. The second-order valence-corrected chi connectivity index (χ2v) is 9.19. The molecule has 0 radical (unpaired) electrons. The van der Waals surface area contributed by atoms with E-state index in [1.165, 1.54) is 19.2 Å². The van der Waals surface area contributed by atoms with Crippen LogP contribution in [-0.4, -0.2) is 39.2 Å². The maximum atomic E-state index is 13.6. The van der Waals surface area contributed by atoms with E-state index in [1.54, 1.807) is 43.9 Å². The number of benzene rings is 2. The van der Waals surface area contributed by atoms with E-state index in [4.69, 9.17) is 0 Å². The number of rotatable bonds is 6. The number of hydrogen-bond donors (Lipinski definition) is 2. The molecule has 1 atom stereocenters. The Kier molecular flexibility index (Phi) is 7.59. The summed E-state index contributed by atoms with van der Waals surface area (Å²) in [5, 5.41) is 12.3. The van der Waals surface area contributed by atoms with Gasteiger partial charge in [0, 0.05) is 19.2 Å². The molecule has 2 N–H and O–H groups in total. The van der Waals surface area contributed by atoms with Gasteiger partial charge in [-0.05, 0) is 42.0 Å². The smallest absolute Gasteiger partial charge is 0.366 e. The molecule has 6 nitrogen and oxygen atoms in total. The lowest BCUT2D eigenvalue weighted by molar-refractivity contribution is -0.240. The van der Waals surface area contributed by atoms with Gasteiger partial charge < -0.3 is 10.4 Å². The van der Waals surface area contributed by atoms with Gasteiger partial charge in [-0.3, -0.25) is 9.10 Å². The third-order valence-electron chi connectivity index (χ3n) is 4.43. The molecule has 172 valence electrons. The zero-order valence-corrected chi connectivity index (χ0v) is 18.5. The maximum absolute atomic E-state index is 13.6. The van der Waals surface area contributed by atoms with E-state index in [-0.39, 0.29) is 23.0 Å². The van der Waals surface area contributed by atoms with E-state index >= 15 is 0 Å². The number of nitrogens with zero attached hydrogens (tertiary/aromatic N) is 1. The first-order valence-electron chi connectivity index (χ1n) is 9.55. The fourth-order valence-electron chi connectivity index (χ4n) is 2.78. The molecule has 0 spiro atoms. The molecule has 0 bridgehead atoms. The zero-order chi connectivity index (χ0) is 24.2. The number of alkyl halides is 3. The van der Waals surface area contributed by atoms with Crippen LogP contribution in [0.15, 0.2) is 59.5 Å². The molecule has 0 fully saturated rings. The van der Waals surface area contributed by atoms with Gasteiger partial charge in [-0.1, -0.05) is 44.2 Å². The van der Waals surface area contributed by atoms with Crippen molar-refractivity contribution in [2.75, 3.05) is 17.9 Å². The summed E-state index contributed by atoms with van der Waals surface area (Å²) in [6, 6.07) is 11.9. The van der Waals surface area contributed by atoms with E-state index < -0.39 is 33.3 Å².